The van der Waals surface area contributed by atoms with E-state index in [1.807, 2.05) is 11.3 Å². The fourth-order valence-electron chi connectivity index (χ4n) is 2.46. The summed E-state index contributed by atoms with van der Waals surface area (Å²) < 4.78 is 0. The van der Waals surface area contributed by atoms with Gasteiger partial charge in [-0.2, -0.15) is 0 Å². The van der Waals surface area contributed by atoms with Gasteiger partial charge in [-0.15, -0.1) is 11.3 Å². The van der Waals surface area contributed by atoms with Crippen LogP contribution in [-0.2, 0) is 6.54 Å². The Balaban J connectivity index is 1.67. The lowest BCUT2D eigenvalue weighted by molar-refractivity contribution is 0.676. The fraction of sp³-hybridized carbons (Fsp3) is 0.800. The van der Waals surface area contributed by atoms with Crippen molar-refractivity contribution < 1.29 is 0 Å². The second kappa shape index (κ2) is 5.80. The van der Waals surface area contributed by atoms with Crippen molar-refractivity contribution in [3.63, 3.8) is 0 Å². The molecule has 0 amide bonds. The van der Waals surface area contributed by atoms with Gasteiger partial charge in [0.05, 0.1) is 5.69 Å². The van der Waals surface area contributed by atoms with E-state index in [4.69, 9.17) is 4.98 Å². The van der Waals surface area contributed by atoms with E-state index in [2.05, 4.69) is 24.2 Å². The Kier molecular flexibility index (Phi) is 4.08. The van der Waals surface area contributed by atoms with Gasteiger partial charge in [-0.25, -0.2) is 4.98 Å². The van der Waals surface area contributed by atoms with Crippen LogP contribution in [0.5, 0.6) is 0 Å². The maximum Gasteiger partial charge on any atom is 0.185 e. The monoisotopic (exact) mass is 279 g/mol. The SMILES string of the molecule is CCCNCc1sc(N(C)CC2CC2)nc1C1CC1. The second-order valence-electron chi connectivity index (χ2n) is 6.08. The van der Waals surface area contributed by atoms with E-state index < -0.39 is 0 Å². The molecule has 0 aromatic carbocycles. The Labute approximate surface area is 120 Å². The van der Waals surface area contributed by atoms with E-state index in [0.29, 0.717) is 0 Å². The van der Waals surface area contributed by atoms with Crippen LogP contribution >= 0.6 is 11.3 Å². The second-order valence-corrected chi connectivity index (χ2v) is 7.14. The molecule has 1 heterocycles. The first-order chi connectivity index (χ1) is 9.28. The summed E-state index contributed by atoms with van der Waals surface area (Å²) in [6, 6.07) is 0. The Hall–Kier alpha value is -0.610. The standard InChI is InChI=1S/C15H25N3S/c1-3-8-16-9-13-14(12-6-7-12)17-15(19-13)18(2)10-11-4-5-11/h11-12,16H,3-10H2,1-2H3. The first-order valence-corrected chi connectivity index (χ1v) is 8.51. The van der Waals surface area contributed by atoms with Crippen molar-refractivity contribution in [2.24, 2.45) is 5.92 Å². The summed E-state index contributed by atoms with van der Waals surface area (Å²) in [5.41, 5.74) is 1.39. The van der Waals surface area contributed by atoms with Crippen LogP contribution in [-0.4, -0.2) is 25.1 Å². The Morgan fingerprint density at radius 2 is 2.11 bits per heavy atom. The highest BCUT2D eigenvalue weighted by atomic mass is 32.1. The quantitative estimate of drug-likeness (QED) is 0.740. The number of aromatic nitrogens is 1. The summed E-state index contributed by atoms with van der Waals surface area (Å²) in [5, 5.41) is 4.77. The lowest BCUT2D eigenvalue weighted by Gasteiger charge is -2.14. The predicted molar refractivity (Wildman–Crippen MR) is 82.1 cm³/mol. The summed E-state index contributed by atoms with van der Waals surface area (Å²) >= 11 is 1.91. The summed E-state index contributed by atoms with van der Waals surface area (Å²) in [6.45, 7) is 5.53. The number of anilines is 1. The molecular weight excluding hydrogens is 254 g/mol. The zero-order valence-electron chi connectivity index (χ0n) is 12.1. The van der Waals surface area contributed by atoms with Gasteiger partial charge in [0.1, 0.15) is 0 Å². The molecule has 4 heteroatoms. The van der Waals surface area contributed by atoms with E-state index in [0.717, 1.165) is 24.9 Å². The van der Waals surface area contributed by atoms with E-state index in [1.165, 1.54) is 54.4 Å². The summed E-state index contributed by atoms with van der Waals surface area (Å²) in [6.07, 6.45) is 6.71. The number of nitrogens with zero attached hydrogens (tertiary/aromatic N) is 2. The maximum atomic E-state index is 4.94. The van der Waals surface area contributed by atoms with Crippen molar-refractivity contribution in [1.82, 2.24) is 10.3 Å². The molecule has 19 heavy (non-hydrogen) atoms. The van der Waals surface area contributed by atoms with Crippen molar-refractivity contribution in [3.05, 3.63) is 10.6 Å². The van der Waals surface area contributed by atoms with Crippen molar-refractivity contribution in [2.45, 2.75) is 51.5 Å². The number of hydrogen-bond acceptors (Lipinski definition) is 4. The molecule has 1 aromatic rings. The number of rotatable bonds is 8. The molecule has 0 spiro atoms. The van der Waals surface area contributed by atoms with Crippen LogP contribution in [0.15, 0.2) is 0 Å². The van der Waals surface area contributed by atoms with E-state index in [1.54, 1.807) is 0 Å². The molecule has 0 unspecified atom stereocenters. The Bertz CT molecular complexity index is 421. The molecule has 3 rings (SSSR count). The molecule has 2 saturated carbocycles. The van der Waals surface area contributed by atoms with Crippen molar-refractivity contribution in [2.75, 3.05) is 25.0 Å². The average Bonchev–Trinajstić information content (AvgIpc) is 3.31. The molecule has 3 nitrogen and oxygen atoms in total. The third-order valence-electron chi connectivity index (χ3n) is 3.95. The van der Waals surface area contributed by atoms with Gasteiger partial charge < -0.3 is 10.2 Å². The van der Waals surface area contributed by atoms with Crippen LogP contribution in [0.25, 0.3) is 0 Å². The first kappa shape index (κ1) is 13.4. The van der Waals surface area contributed by atoms with Gasteiger partial charge in [0.25, 0.3) is 0 Å². The molecule has 106 valence electrons. The number of thiazole rings is 1. The molecule has 2 fully saturated rings. The van der Waals surface area contributed by atoms with Crippen LogP contribution < -0.4 is 10.2 Å². The van der Waals surface area contributed by atoms with Gasteiger partial charge in [0.15, 0.2) is 5.13 Å². The maximum absolute atomic E-state index is 4.94. The summed E-state index contributed by atoms with van der Waals surface area (Å²) in [7, 11) is 2.21. The zero-order chi connectivity index (χ0) is 13.2. The van der Waals surface area contributed by atoms with Crippen LogP contribution in [0.2, 0.25) is 0 Å². The van der Waals surface area contributed by atoms with Gasteiger partial charge in [-0.05, 0) is 44.6 Å². The molecule has 0 radical (unpaired) electrons. The lowest BCUT2D eigenvalue weighted by atomic mass is 10.2. The minimum atomic E-state index is 0.762. The van der Waals surface area contributed by atoms with Gasteiger partial charge in [-0.3, -0.25) is 0 Å². The molecule has 2 aliphatic carbocycles. The Morgan fingerprint density at radius 3 is 2.74 bits per heavy atom. The van der Waals surface area contributed by atoms with Gasteiger partial charge in [0, 0.05) is 30.9 Å². The molecule has 0 atom stereocenters. The zero-order valence-corrected chi connectivity index (χ0v) is 12.9. The highest BCUT2D eigenvalue weighted by Crippen LogP contribution is 2.44. The minimum Gasteiger partial charge on any atom is -0.351 e. The third kappa shape index (κ3) is 3.48. The summed E-state index contributed by atoms with van der Waals surface area (Å²) in [5.74, 6) is 1.69. The highest BCUT2D eigenvalue weighted by Gasteiger charge is 2.31. The number of hydrogen-bond donors (Lipinski definition) is 1. The van der Waals surface area contributed by atoms with Crippen LogP contribution in [0.3, 0.4) is 0 Å². The predicted octanol–water partition coefficient (Wildman–Crippen LogP) is 3.37. The van der Waals surface area contributed by atoms with Crippen molar-refractivity contribution in [1.29, 1.82) is 0 Å². The van der Waals surface area contributed by atoms with E-state index in [9.17, 15) is 0 Å². The van der Waals surface area contributed by atoms with Crippen LogP contribution in [0.4, 0.5) is 5.13 Å². The van der Waals surface area contributed by atoms with Crippen molar-refractivity contribution >= 4 is 16.5 Å². The minimum absolute atomic E-state index is 0.762. The molecule has 1 aromatic heterocycles. The lowest BCUT2D eigenvalue weighted by Crippen LogP contribution is -2.19. The third-order valence-corrected chi connectivity index (χ3v) is 5.13. The highest BCUT2D eigenvalue weighted by molar-refractivity contribution is 7.15. The van der Waals surface area contributed by atoms with Crippen LogP contribution in [0, 0.1) is 5.92 Å². The molecule has 0 aliphatic heterocycles. The summed E-state index contributed by atoms with van der Waals surface area (Å²) in [4.78, 5) is 8.79. The largest absolute Gasteiger partial charge is 0.351 e. The van der Waals surface area contributed by atoms with Crippen molar-refractivity contribution in [3.8, 4) is 0 Å². The molecule has 0 bridgehead atoms. The molecular formula is C15H25N3S. The van der Waals surface area contributed by atoms with E-state index in [-0.39, 0.29) is 0 Å². The van der Waals surface area contributed by atoms with Gasteiger partial charge >= 0.3 is 0 Å². The van der Waals surface area contributed by atoms with Gasteiger partial charge in [0.2, 0.25) is 0 Å². The molecule has 0 saturated heterocycles. The smallest absolute Gasteiger partial charge is 0.185 e. The normalized spacial score (nSPS) is 18.8. The molecule has 2 aliphatic rings. The average molecular weight is 279 g/mol. The molecule has 1 N–H and O–H groups in total. The first-order valence-electron chi connectivity index (χ1n) is 7.69. The van der Waals surface area contributed by atoms with Crippen LogP contribution in [0.1, 0.15) is 55.5 Å². The van der Waals surface area contributed by atoms with E-state index >= 15 is 0 Å². The number of nitrogens with one attached hydrogen (secondary N) is 1. The topological polar surface area (TPSA) is 28.2 Å². The van der Waals surface area contributed by atoms with Gasteiger partial charge in [-0.1, -0.05) is 6.92 Å². The fourth-order valence-corrected chi connectivity index (χ4v) is 3.55. The Morgan fingerprint density at radius 1 is 1.32 bits per heavy atom.